The largest absolute Gasteiger partial charge is 0.356 e. The Morgan fingerprint density at radius 1 is 1.12 bits per heavy atom. The van der Waals surface area contributed by atoms with Crippen molar-refractivity contribution in [3.63, 3.8) is 0 Å². The molecule has 122 valence electrons. The third-order valence-corrected chi connectivity index (χ3v) is 3.65. The van der Waals surface area contributed by atoms with Gasteiger partial charge in [0.05, 0.1) is 12.1 Å². The van der Waals surface area contributed by atoms with E-state index in [2.05, 4.69) is 15.5 Å². The zero-order valence-electron chi connectivity index (χ0n) is 13.3. The summed E-state index contributed by atoms with van der Waals surface area (Å²) in [7, 11) is 0. The summed E-state index contributed by atoms with van der Waals surface area (Å²) < 4.78 is 5.30. The maximum Gasteiger partial charge on any atom is 0.226 e. The number of benzene rings is 1. The van der Waals surface area contributed by atoms with Gasteiger partial charge in [-0.2, -0.15) is 0 Å². The highest BCUT2D eigenvalue weighted by atomic mass is 16.5. The summed E-state index contributed by atoms with van der Waals surface area (Å²) in [6.45, 7) is 0.636. The Morgan fingerprint density at radius 2 is 2.00 bits per heavy atom. The van der Waals surface area contributed by atoms with E-state index in [1.165, 1.54) is 5.56 Å². The van der Waals surface area contributed by atoms with Gasteiger partial charge < -0.3 is 9.84 Å². The second-order valence-corrected chi connectivity index (χ2v) is 5.54. The first-order valence-electron chi connectivity index (χ1n) is 7.98. The summed E-state index contributed by atoms with van der Waals surface area (Å²) in [6, 6.07) is 15.5. The van der Waals surface area contributed by atoms with Gasteiger partial charge in [-0.05, 0) is 24.5 Å². The summed E-state index contributed by atoms with van der Waals surface area (Å²) in [5, 5.41) is 6.87. The topological polar surface area (TPSA) is 68.0 Å². The van der Waals surface area contributed by atoms with Gasteiger partial charge in [-0.3, -0.25) is 9.78 Å². The molecule has 0 aliphatic heterocycles. The molecule has 1 amide bonds. The van der Waals surface area contributed by atoms with Crippen molar-refractivity contribution in [3.05, 3.63) is 72.2 Å². The molecular weight excluding hydrogens is 302 g/mol. The van der Waals surface area contributed by atoms with Gasteiger partial charge in [-0.15, -0.1) is 0 Å². The van der Waals surface area contributed by atoms with Crippen molar-refractivity contribution >= 4 is 5.91 Å². The van der Waals surface area contributed by atoms with Crippen LogP contribution < -0.4 is 5.32 Å². The standard InChI is InChI=1S/C19H19N3O2/c23-19(21-11-5-7-15-6-4-10-20-14-15)13-17-12-18(24-22-17)16-8-2-1-3-9-16/h1-4,6,8-10,12,14H,5,7,11,13H2,(H,21,23). The molecule has 0 spiro atoms. The maximum absolute atomic E-state index is 12.0. The van der Waals surface area contributed by atoms with Gasteiger partial charge in [0.1, 0.15) is 0 Å². The predicted octanol–water partition coefficient (Wildman–Crippen LogP) is 3.03. The van der Waals surface area contributed by atoms with Crippen molar-refractivity contribution in [2.45, 2.75) is 19.3 Å². The zero-order valence-corrected chi connectivity index (χ0v) is 13.3. The number of nitrogens with zero attached hydrogens (tertiary/aromatic N) is 2. The lowest BCUT2D eigenvalue weighted by molar-refractivity contribution is -0.120. The van der Waals surface area contributed by atoms with Crippen LogP contribution in [0.1, 0.15) is 17.7 Å². The molecule has 24 heavy (non-hydrogen) atoms. The van der Waals surface area contributed by atoms with Crippen LogP contribution >= 0.6 is 0 Å². The summed E-state index contributed by atoms with van der Waals surface area (Å²) in [5.74, 6) is 0.629. The Labute approximate surface area is 140 Å². The Kier molecular flexibility index (Phi) is 5.35. The number of nitrogens with one attached hydrogen (secondary N) is 1. The Hall–Kier alpha value is -2.95. The number of aromatic nitrogens is 2. The highest BCUT2D eigenvalue weighted by Crippen LogP contribution is 2.19. The van der Waals surface area contributed by atoms with Crippen molar-refractivity contribution < 1.29 is 9.32 Å². The molecule has 0 saturated carbocycles. The molecule has 0 unspecified atom stereocenters. The number of carbonyl (C=O) groups excluding carboxylic acids is 1. The number of hydrogen-bond donors (Lipinski definition) is 1. The first kappa shape index (κ1) is 15.9. The molecule has 0 saturated heterocycles. The molecule has 0 radical (unpaired) electrons. The maximum atomic E-state index is 12.0. The lowest BCUT2D eigenvalue weighted by Crippen LogP contribution is -2.26. The van der Waals surface area contributed by atoms with Crippen LogP contribution in [0.15, 0.2) is 65.4 Å². The first-order chi connectivity index (χ1) is 11.8. The molecule has 0 bridgehead atoms. The number of rotatable bonds is 7. The molecule has 2 aromatic heterocycles. The Bertz CT molecular complexity index is 770. The number of carbonyl (C=O) groups is 1. The molecule has 2 heterocycles. The number of pyridine rings is 1. The predicted molar refractivity (Wildman–Crippen MR) is 91.2 cm³/mol. The highest BCUT2D eigenvalue weighted by molar-refractivity contribution is 5.78. The van der Waals surface area contributed by atoms with Crippen LogP contribution in [-0.2, 0) is 17.6 Å². The van der Waals surface area contributed by atoms with E-state index >= 15 is 0 Å². The van der Waals surface area contributed by atoms with Crippen LogP contribution in [0.3, 0.4) is 0 Å². The van der Waals surface area contributed by atoms with E-state index < -0.39 is 0 Å². The van der Waals surface area contributed by atoms with Crippen molar-refractivity contribution in [1.29, 1.82) is 0 Å². The second kappa shape index (κ2) is 8.06. The molecule has 5 heteroatoms. The minimum atomic E-state index is -0.0471. The van der Waals surface area contributed by atoms with Crippen molar-refractivity contribution in [2.75, 3.05) is 6.54 Å². The van der Waals surface area contributed by atoms with E-state index in [0.717, 1.165) is 18.4 Å². The van der Waals surface area contributed by atoms with E-state index in [9.17, 15) is 4.79 Å². The molecule has 3 rings (SSSR count). The van der Waals surface area contributed by atoms with Gasteiger partial charge in [0.15, 0.2) is 5.76 Å². The van der Waals surface area contributed by atoms with Crippen LogP contribution in [-0.4, -0.2) is 22.6 Å². The average molecular weight is 321 g/mol. The normalized spacial score (nSPS) is 10.5. The van der Waals surface area contributed by atoms with Crippen molar-refractivity contribution in [2.24, 2.45) is 0 Å². The van der Waals surface area contributed by atoms with E-state index in [1.54, 1.807) is 6.20 Å². The molecule has 0 atom stereocenters. The van der Waals surface area contributed by atoms with E-state index in [0.29, 0.717) is 18.0 Å². The van der Waals surface area contributed by atoms with Gasteiger partial charge in [0.25, 0.3) is 0 Å². The minimum Gasteiger partial charge on any atom is -0.356 e. The Morgan fingerprint density at radius 3 is 2.79 bits per heavy atom. The summed E-state index contributed by atoms with van der Waals surface area (Å²) in [5.41, 5.74) is 2.77. The Balaban J connectivity index is 1.43. The van der Waals surface area contributed by atoms with Crippen LogP contribution in [0.25, 0.3) is 11.3 Å². The van der Waals surface area contributed by atoms with Gasteiger partial charge in [0.2, 0.25) is 5.91 Å². The summed E-state index contributed by atoms with van der Waals surface area (Å²) >= 11 is 0. The molecule has 0 fully saturated rings. The molecule has 0 aliphatic carbocycles. The summed E-state index contributed by atoms with van der Waals surface area (Å²) in [6.07, 6.45) is 5.61. The molecular formula is C19H19N3O2. The smallest absolute Gasteiger partial charge is 0.226 e. The third-order valence-electron chi connectivity index (χ3n) is 3.65. The van der Waals surface area contributed by atoms with Gasteiger partial charge in [-0.1, -0.05) is 41.6 Å². The van der Waals surface area contributed by atoms with Gasteiger partial charge in [-0.25, -0.2) is 0 Å². The van der Waals surface area contributed by atoms with E-state index in [4.69, 9.17) is 4.52 Å². The van der Waals surface area contributed by atoms with E-state index in [-0.39, 0.29) is 12.3 Å². The molecule has 0 aliphatic rings. The number of hydrogen-bond acceptors (Lipinski definition) is 4. The fourth-order valence-electron chi connectivity index (χ4n) is 2.43. The van der Waals surface area contributed by atoms with Crippen LogP contribution in [0.2, 0.25) is 0 Å². The van der Waals surface area contributed by atoms with Gasteiger partial charge >= 0.3 is 0 Å². The lowest BCUT2D eigenvalue weighted by atomic mass is 10.1. The van der Waals surface area contributed by atoms with Crippen LogP contribution in [0.4, 0.5) is 0 Å². The highest BCUT2D eigenvalue weighted by Gasteiger charge is 2.10. The molecule has 1 N–H and O–H groups in total. The molecule has 3 aromatic rings. The fraction of sp³-hybridized carbons (Fsp3) is 0.211. The van der Waals surface area contributed by atoms with Crippen LogP contribution in [0.5, 0.6) is 0 Å². The number of aryl methyl sites for hydroxylation is 1. The van der Waals surface area contributed by atoms with Crippen molar-refractivity contribution in [1.82, 2.24) is 15.5 Å². The van der Waals surface area contributed by atoms with E-state index in [1.807, 2.05) is 54.7 Å². The molecule has 1 aromatic carbocycles. The van der Waals surface area contributed by atoms with Gasteiger partial charge in [0, 0.05) is 30.6 Å². The third kappa shape index (κ3) is 4.52. The SMILES string of the molecule is O=C(Cc1cc(-c2ccccc2)on1)NCCCc1cccnc1. The summed E-state index contributed by atoms with van der Waals surface area (Å²) in [4.78, 5) is 16.0. The second-order valence-electron chi connectivity index (χ2n) is 5.54. The lowest BCUT2D eigenvalue weighted by Gasteiger charge is -2.03. The fourth-order valence-corrected chi connectivity index (χ4v) is 2.43. The quantitative estimate of drug-likeness (QED) is 0.679. The number of amides is 1. The van der Waals surface area contributed by atoms with Crippen molar-refractivity contribution in [3.8, 4) is 11.3 Å². The molecule has 5 nitrogen and oxygen atoms in total. The zero-order chi connectivity index (χ0) is 16.6. The first-order valence-corrected chi connectivity index (χ1v) is 7.98. The average Bonchev–Trinajstić information content (AvgIpc) is 3.09. The monoisotopic (exact) mass is 321 g/mol. The minimum absolute atomic E-state index is 0.0471. The van der Waals surface area contributed by atoms with Crippen LogP contribution in [0, 0.1) is 0 Å².